The van der Waals surface area contributed by atoms with Gasteiger partial charge in [0.15, 0.2) is 6.61 Å². The number of hydrogen-bond acceptors (Lipinski definition) is 4. The molecule has 0 spiro atoms. The topological polar surface area (TPSA) is 79.5 Å². The molecular weight excluding hydrogens is 414 g/mol. The van der Waals surface area contributed by atoms with E-state index in [0.29, 0.717) is 24.6 Å². The Labute approximate surface area is 195 Å². The summed E-state index contributed by atoms with van der Waals surface area (Å²) in [6.45, 7) is 6.61. The fourth-order valence-corrected chi connectivity index (χ4v) is 3.18. The Morgan fingerprint density at radius 2 is 1.48 bits per heavy atom. The van der Waals surface area contributed by atoms with Gasteiger partial charge in [-0.05, 0) is 60.9 Å². The fraction of sp³-hybridized carbons (Fsp3) is 0.259. The predicted molar refractivity (Wildman–Crippen MR) is 134 cm³/mol. The molecule has 0 aromatic heterocycles. The smallest absolute Gasteiger partial charge is 0.262 e. The molecule has 0 saturated carbocycles. The highest BCUT2D eigenvalue weighted by Crippen LogP contribution is 2.18. The van der Waals surface area contributed by atoms with Crippen LogP contribution in [0.1, 0.15) is 31.4 Å². The van der Waals surface area contributed by atoms with E-state index in [-0.39, 0.29) is 18.4 Å². The lowest BCUT2D eigenvalue weighted by Crippen LogP contribution is -2.20. The zero-order valence-corrected chi connectivity index (χ0v) is 19.4. The van der Waals surface area contributed by atoms with Gasteiger partial charge in [-0.25, -0.2) is 0 Å². The highest BCUT2D eigenvalue weighted by molar-refractivity contribution is 5.92. The molecule has 0 saturated heterocycles. The Kier molecular flexibility index (Phi) is 8.47. The SMILES string of the molecule is Cc1ccc(NC(=O)COc2ccc(CNc3cccc(NC(=O)CC(C)C)c3)cc2)cc1. The second-order valence-corrected chi connectivity index (χ2v) is 8.43. The lowest BCUT2D eigenvalue weighted by Gasteiger charge is -2.11. The van der Waals surface area contributed by atoms with Gasteiger partial charge >= 0.3 is 0 Å². The maximum Gasteiger partial charge on any atom is 0.262 e. The second kappa shape index (κ2) is 11.7. The Balaban J connectivity index is 1.45. The molecule has 0 radical (unpaired) electrons. The first-order valence-corrected chi connectivity index (χ1v) is 11.1. The van der Waals surface area contributed by atoms with Gasteiger partial charge in [-0.3, -0.25) is 9.59 Å². The monoisotopic (exact) mass is 445 g/mol. The summed E-state index contributed by atoms with van der Waals surface area (Å²) in [6.07, 6.45) is 0.500. The molecule has 0 bridgehead atoms. The van der Waals surface area contributed by atoms with Crippen LogP contribution in [0.2, 0.25) is 0 Å². The van der Waals surface area contributed by atoms with Crippen LogP contribution in [0.4, 0.5) is 17.1 Å². The molecule has 3 aromatic rings. The Morgan fingerprint density at radius 1 is 0.818 bits per heavy atom. The van der Waals surface area contributed by atoms with E-state index >= 15 is 0 Å². The van der Waals surface area contributed by atoms with Crippen molar-refractivity contribution in [2.75, 3.05) is 22.6 Å². The summed E-state index contributed by atoms with van der Waals surface area (Å²) in [5.41, 5.74) is 4.66. The van der Waals surface area contributed by atoms with Crippen molar-refractivity contribution in [2.24, 2.45) is 5.92 Å². The van der Waals surface area contributed by atoms with Gasteiger partial charge in [0.05, 0.1) is 0 Å². The normalized spacial score (nSPS) is 10.5. The molecule has 0 fully saturated rings. The summed E-state index contributed by atoms with van der Waals surface area (Å²) >= 11 is 0. The summed E-state index contributed by atoms with van der Waals surface area (Å²) in [7, 11) is 0. The van der Waals surface area contributed by atoms with Crippen LogP contribution in [0.3, 0.4) is 0 Å². The molecule has 0 atom stereocenters. The Bertz CT molecular complexity index is 1060. The van der Waals surface area contributed by atoms with Gasteiger partial charge in [0.2, 0.25) is 5.91 Å². The number of benzene rings is 3. The maximum absolute atomic E-state index is 12.1. The summed E-state index contributed by atoms with van der Waals surface area (Å²) < 4.78 is 5.59. The highest BCUT2D eigenvalue weighted by atomic mass is 16.5. The first-order chi connectivity index (χ1) is 15.9. The largest absolute Gasteiger partial charge is 0.484 e. The van der Waals surface area contributed by atoms with Crippen molar-refractivity contribution in [1.29, 1.82) is 0 Å². The van der Waals surface area contributed by atoms with Crippen molar-refractivity contribution in [2.45, 2.75) is 33.7 Å². The van der Waals surface area contributed by atoms with Crippen molar-refractivity contribution in [3.05, 3.63) is 83.9 Å². The standard InChI is InChI=1S/C27H31N3O3/c1-19(2)15-26(31)30-24-6-4-5-23(16-24)28-17-21-9-13-25(14-10-21)33-18-27(32)29-22-11-7-20(3)8-12-22/h4-14,16,19,28H,15,17-18H2,1-3H3,(H,29,32)(H,30,31). The van der Waals surface area contributed by atoms with E-state index in [4.69, 9.17) is 4.74 Å². The summed E-state index contributed by atoms with van der Waals surface area (Å²) in [4.78, 5) is 24.0. The minimum Gasteiger partial charge on any atom is -0.484 e. The van der Waals surface area contributed by atoms with Crippen LogP contribution < -0.4 is 20.7 Å². The van der Waals surface area contributed by atoms with E-state index < -0.39 is 0 Å². The Morgan fingerprint density at radius 3 is 2.18 bits per heavy atom. The first-order valence-electron chi connectivity index (χ1n) is 11.1. The van der Waals surface area contributed by atoms with E-state index in [9.17, 15) is 9.59 Å². The number of hydrogen-bond donors (Lipinski definition) is 3. The van der Waals surface area contributed by atoms with Crippen LogP contribution in [0.25, 0.3) is 0 Å². The number of anilines is 3. The molecule has 6 nitrogen and oxygen atoms in total. The van der Waals surface area contributed by atoms with E-state index in [1.54, 1.807) is 0 Å². The number of amides is 2. The Hall–Kier alpha value is -3.80. The van der Waals surface area contributed by atoms with Crippen molar-refractivity contribution in [3.63, 3.8) is 0 Å². The number of carbonyl (C=O) groups excluding carboxylic acids is 2. The minimum absolute atomic E-state index is 0.0188. The average Bonchev–Trinajstić information content (AvgIpc) is 2.78. The molecule has 6 heteroatoms. The van der Waals surface area contributed by atoms with E-state index in [1.807, 2.05) is 93.6 Å². The van der Waals surface area contributed by atoms with E-state index in [1.165, 1.54) is 0 Å². The number of carbonyl (C=O) groups is 2. The van der Waals surface area contributed by atoms with E-state index in [2.05, 4.69) is 16.0 Å². The number of nitrogens with one attached hydrogen (secondary N) is 3. The van der Waals surface area contributed by atoms with Crippen molar-refractivity contribution >= 4 is 28.9 Å². The summed E-state index contributed by atoms with van der Waals surface area (Å²) in [6, 6.07) is 22.9. The van der Waals surface area contributed by atoms with Crippen LogP contribution in [0, 0.1) is 12.8 Å². The number of ether oxygens (including phenoxy) is 1. The van der Waals surface area contributed by atoms with Gasteiger partial charge < -0.3 is 20.7 Å². The third-order valence-corrected chi connectivity index (χ3v) is 4.87. The molecule has 0 aliphatic heterocycles. The van der Waals surface area contributed by atoms with Crippen molar-refractivity contribution < 1.29 is 14.3 Å². The van der Waals surface area contributed by atoms with Gasteiger partial charge in [0, 0.05) is 30.0 Å². The molecule has 3 N–H and O–H groups in total. The fourth-order valence-electron chi connectivity index (χ4n) is 3.18. The molecule has 3 rings (SSSR count). The molecule has 0 unspecified atom stereocenters. The predicted octanol–water partition coefficient (Wildman–Crippen LogP) is 5.61. The van der Waals surface area contributed by atoms with Crippen LogP contribution in [-0.2, 0) is 16.1 Å². The van der Waals surface area contributed by atoms with Crippen LogP contribution >= 0.6 is 0 Å². The molecule has 2 amide bonds. The maximum atomic E-state index is 12.1. The van der Waals surface area contributed by atoms with Crippen molar-refractivity contribution in [3.8, 4) is 5.75 Å². The van der Waals surface area contributed by atoms with E-state index in [0.717, 1.165) is 28.2 Å². The molecule has 0 aliphatic carbocycles. The minimum atomic E-state index is -0.204. The van der Waals surface area contributed by atoms with Crippen molar-refractivity contribution in [1.82, 2.24) is 0 Å². The molecule has 172 valence electrons. The average molecular weight is 446 g/mol. The lowest BCUT2D eigenvalue weighted by molar-refractivity contribution is -0.118. The zero-order chi connectivity index (χ0) is 23.6. The molecular formula is C27H31N3O3. The van der Waals surface area contributed by atoms with Gasteiger partial charge in [0.25, 0.3) is 5.91 Å². The lowest BCUT2D eigenvalue weighted by atomic mass is 10.1. The third kappa shape index (κ3) is 8.33. The second-order valence-electron chi connectivity index (χ2n) is 8.43. The number of rotatable bonds is 10. The van der Waals surface area contributed by atoms with Crippen LogP contribution in [0.15, 0.2) is 72.8 Å². The van der Waals surface area contributed by atoms with Gasteiger partial charge in [-0.1, -0.05) is 49.7 Å². The number of aryl methyl sites for hydroxylation is 1. The summed E-state index contributed by atoms with van der Waals surface area (Å²) in [5, 5.41) is 9.11. The van der Waals surface area contributed by atoms with Gasteiger partial charge in [-0.2, -0.15) is 0 Å². The molecule has 3 aromatic carbocycles. The zero-order valence-electron chi connectivity index (χ0n) is 19.4. The van der Waals surface area contributed by atoms with Gasteiger partial charge in [-0.15, -0.1) is 0 Å². The highest BCUT2D eigenvalue weighted by Gasteiger charge is 2.06. The first kappa shape index (κ1) is 23.9. The van der Waals surface area contributed by atoms with Crippen LogP contribution in [-0.4, -0.2) is 18.4 Å². The van der Waals surface area contributed by atoms with Crippen LogP contribution in [0.5, 0.6) is 5.75 Å². The quantitative estimate of drug-likeness (QED) is 0.379. The molecule has 0 heterocycles. The third-order valence-electron chi connectivity index (χ3n) is 4.87. The summed E-state index contributed by atoms with van der Waals surface area (Å²) in [5.74, 6) is 0.767. The van der Waals surface area contributed by atoms with Gasteiger partial charge in [0.1, 0.15) is 5.75 Å². The molecule has 33 heavy (non-hydrogen) atoms. The molecule has 0 aliphatic rings.